The molecule has 0 fully saturated rings. The third-order valence-corrected chi connectivity index (χ3v) is 4.47. The van der Waals surface area contributed by atoms with Crippen LogP contribution in [0.5, 0.6) is 0 Å². The van der Waals surface area contributed by atoms with Crippen molar-refractivity contribution in [3.63, 3.8) is 0 Å². The van der Waals surface area contributed by atoms with E-state index in [1.807, 2.05) is 48.9 Å². The molecule has 1 N–H and O–H groups in total. The summed E-state index contributed by atoms with van der Waals surface area (Å²) in [7, 11) is 1.92. The van der Waals surface area contributed by atoms with Crippen LogP contribution in [0.2, 0.25) is 0 Å². The van der Waals surface area contributed by atoms with Crippen molar-refractivity contribution in [1.82, 2.24) is 19.7 Å². The van der Waals surface area contributed by atoms with Crippen LogP contribution in [0, 0.1) is 6.92 Å². The number of carbonyl (C=O) groups excluding carboxylic acids is 1. The van der Waals surface area contributed by atoms with Crippen LogP contribution >= 0.6 is 11.8 Å². The van der Waals surface area contributed by atoms with Gasteiger partial charge in [0.1, 0.15) is 0 Å². The number of aromatic nitrogens is 4. The summed E-state index contributed by atoms with van der Waals surface area (Å²) < 4.78 is 1.93. The van der Waals surface area contributed by atoms with Gasteiger partial charge in [0.05, 0.1) is 11.4 Å². The molecule has 0 spiro atoms. The molecular formula is C16H16N4OS. The molecule has 2 heterocycles. The summed E-state index contributed by atoms with van der Waals surface area (Å²) in [6.45, 7) is 2.05. The van der Waals surface area contributed by atoms with Crippen LogP contribution in [0.25, 0.3) is 11.4 Å². The molecule has 0 radical (unpaired) electrons. The molecule has 0 aliphatic heterocycles. The molecule has 6 heteroatoms. The monoisotopic (exact) mass is 312 g/mol. The minimum absolute atomic E-state index is 0.0513. The maximum Gasteiger partial charge on any atom is 0.191 e. The Morgan fingerprint density at radius 3 is 2.77 bits per heavy atom. The molecular weight excluding hydrogens is 296 g/mol. The topological polar surface area (TPSA) is 63.6 Å². The lowest BCUT2D eigenvalue weighted by atomic mass is 10.1. The number of ketones is 1. The number of Topliss-reactive ketones (excluding diaryl/α,β-unsaturated/α-hetero) is 1. The molecule has 3 rings (SSSR count). The highest BCUT2D eigenvalue weighted by molar-refractivity contribution is 7.99. The first-order valence-electron chi connectivity index (χ1n) is 6.91. The third-order valence-electron chi connectivity index (χ3n) is 3.45. The van der Waals surface area contributed by atoms with Crippen LogP contribution in [0.1, 0.15) is 16.1 Å². The normalized spacial score (nSPS) is 10.8. The molecule has 0 amide bonds. The largest absolute Gasteiger partial charge is 0.359 e. The summed E-state index contributed by atoms with van der Waals surface area (Å²) >= 11 is 1.39. The molecule has 3 aromatic rings. The van der Waals surface area contributed by atoms with Crippen LogP contribution in [0.15, 0.2) is 47.8 Å². The van der Waals surface area contributed by atoms with Crippen molar-refractivity contribution >= 4 is 17.5 Å². The fraction of sp³-hybridized carbons (Fsp3) is 0.188. The van der Waals surface area contributed by atoms with Gasteiger partial charge in [0.15, 0.2) is 16.8 Å². The number of hydrogen-bond acceptors (Lipinski definition) is 4. The van der Waals surface area contributed by atoms with Gasteiger partial charge < -0.3 is 9.55 Å². The number of thioether (sulfide) groups is 1. The molecule has 0 saturated carbocycles. The van der Waals surface area contributed by atoms with Crippen LogP contribution in [0.4, 0.5) is 0 Å². The second kappa shape index (κ2) is 6.19. The van der Waals surface area contributed by atoms with Gasteiger partial charge in [-0.2, -0.15) is 0 Å². The first-order valence-corrected chi connectivity index (χ1v) is 7.90. The summed E-state index contributed by atoms with van der Waals surface area (Å²) in [4.78, 5) is 14.9. The first kappa shape index (κ1) is 14.6. The van der Waals surface area contributed by atoms with Gasteiger partial charge in [0.25, 0.3) is 0 Å². The Kier molecular flexibility index (Phi) is 4.11. The number of carbonyl (C=O) groups is 1. The maximum atomic E-state index is 12.0. The Labute approximate surface area is 132 Å². The maximum absolute atomic E-state index is 12.0. The van der Waals surface area contributed by atoms with E-state index in [0.29, 0.717) is 11.4 Å². The predicted molar refractivity (Wildman–Crippen MR) is 87.0 cm³/mol. The van der Waals surface area contributed by atoms with Gasteiger partial charge in [0, 0.05) is 18.8 Å². The van der Waals surface area contributed by atoms with Crippen molar-refractivity contribution in [1.29, 1.82) is 0 Å². The molecule has 112 valence electrons. The third kappa shape index (κ3) is 2.82. The van der Waals surface area contributed by atoms with E-state index in [4.69, 9.17) is 0 Å². The minimum atomic E-state index is 0.0513. The number of aromatic amines is 1. The zero-order valence-electron chi connectivity index (χ0n) is 12.4. The van der Waals surface area contributed by atoms with Crippen molar-refractivity contribution in [3.05, 3.63) is 53.9 Å². The van der Waals surface area contributed by atoms with E-state index in [1.54, 1.807) is 12.3 Å². The molecule has 0 saturated heterocycles. The van der Waals surface area contributed by atoms with E-state index in [1.165, 1.54) is 11.8 Å². The number of rotatable bonds is 5. The summed E-state index contributed by atoms with van der Waals surface area (Å²) in [6, 6.07) is 11.6. The molecule has 0 atom stereocenters. The highest BCUT2D eigenvalue weighted by Gasteiger charge is 2.14. The molecule has 5 nitrogen and oxygen atoms in total. The van der Waals surface area contributed by atoms with Crippen molar-refractivity contribution in [2.75, 3.05) is 5.75 Å². The minimum Gasteiger partial charge on any atom is -0.359 e. The molecule has 22 heavy (non-hydrogen) atoms. The van der Waals surface area contributed by atoms with Gasteiger partial charge in [-0.05, 0) is 24.6 Å². The highest BCUT2D eigenvalue weighted by Crippen LogP contribution is 2.25. The van der Waals surface area contributed by atoms with Crippen molar-refractivity contribution < 1.29 is 4.79 Å². The molecule has 0 unspecified atom stereocenters. The van der Waals surface area contributed by atoms with Crippen LogP contribution in [-0.2, 0) is 7.05 Å². The van der Waals surface area contributed by atoms with Gasteiger partial charge in [-0.3, -0.25) is 4.79 Å². The van der Waals surface area contributed by atoms with E-state index in [9.17, 15) is 4.79 Å². The molecule has 2 aromatic heterocycles. The summed E-state index contributed by atoms with van der Waals surface area (Å²) in [5.74, 6) is 1.20. The van der Waals surface area contributed by atoms with Gasteiger partial charge in [-0.1, -0.05) is 36.0 Å². The Morgan fingerprint density at radius 2 is 2.05 bits per heavy atom. The molecule has 0 bridgehead atoms. The van der Waals surface area contributed by atoms with E-state index < -0.39 is 0 Å². The van der Waals surface area contributed by atoms with E-state index in [0.717, 1.165) is 22.1 Å². The summed E-state index contributed by atoms with van der Waals surface area (Å²) in [5.41, 5.74) is 2.82. The van der Waals surface area contributed by atoms with Crippen molar-refractivity contribution in [2.45, 2.75) is 12.1 Å². The zero-order valence-corrected chi connectivity index (χ0v) is 13.2. The lowest BCUT2D eigenvalue weighted by Gasteiger charge is -2.05. The van der Waals surface area contributed by atoms with Crippen molar-refractivity contribution in [2.24, 2.45) is 7.05 Å². The summed E-state index contributed by atoms with van der Waals surface area (Å²) in [5, 5.41) is 9.19. The Balaban J connectivity index is 1.77. The van der Waals surface area contributed by atoms with Gasteiger partial charge >= 0.3 is 0 Å². The standard InChI is InChI=1S/C16H16N4OS/c1-11-6-3-4-7-12(11)15-18-19-16(20(15)2)22-10-14(21)13-8-5-9-17-13/h3-9,17H,10H2,1-2H3. The lowest BCUT2D eigenvalue weighted by molar-refractivity contribution is 0.101. The van der Waals surface area contributed by atoms with Crippen LogP contribution in [-0.4, -0.2) is 31.3 Å². The summed E-state index contributed by atoms with van der Waals surface area (Å²) in [6.07, 6.45) is 1.75. The Bertz CT molecular complexity index is 792. The van der Waals surface area contributed by atoms with E-state index in [2.05, 4.69) is 15.2 Å². The number of hydrogen-bond donors (Lipinski definition) is 1. The van der Waals surface area contributed by atoms with Crippen molar-refractivity contribution in [3.8, 4) is 11.4 Å². The zero-order chi connectivity index (χ0) is 15.5. The lowest BCUT2D eigenvalue weighted by Crippen LogP contribution is -2.04. The number of nitrogens with one attached hydrogen (secondary N) is 1. The van der Waals surface area contributed by atoms with Gasteiger partial charge in [-0.15, -0.1) is 10.2 Å². The Morgan fingerprint density at radius 1 is 1.23 bits per heavy atom. The second-order valence-electron chi connectivity index (χ2n) is 4.98. The van der Waals surface area contributed by atoms with E-state index in [-0.39, 0.29) is 5.78 Å². The SMILES string of the molecule is Cc1ccccc1-c1nnc(SCC(=O)c2ccc[nH]2)n1C. The number of aryl methyl sites for hydroxylation is 1. The van der Waals surface area contributed by atoms with Gasteiger partial charge in [0.2, 0.25) is 0 Å². The fourth-order valence-electron chi connectivity index (χ4n) is 2.21. The number of nitrogens with zero attached hydrogens (tertiary/aromatic N) is 3. The molecule has 0 aliphatic carbocycles. The average Bonchev–Trinajstić information content (AvgIpc) is 3.16. The van der Waals surface area contributed by atoms with E-state index >= 15 is 0 Å². The smallest absolute Gasteiger partial charge is 0.191 e. The number of H-pyrrole nitrogens is 1. The predicted octanol–water partition coefficient (Wildman–Crippen LogP) is 3.09. The Hall–Kier alpha value is -2.34. The van der Waals surface area contributed by atoms with Crippen LogP contribution < -0.4 is 0 Å². The average molecular weight is 312 g/mol. The molecule has 0 aliphatic rings. The first-order chi connectivity index (χ1) is 10.7. The quantitative estimate of drug-likeness (QED) is 0.581. The fourth-order valence-corrected chi connectivity index (χ4v) is 3.00. The molecule has 1 aromatic carbocycles. The second-order valence-corrected chi connectivity index (χ2v) is 5.92. The highest BCUT2D eigenvalue weighted by atomic mass is 32.2. The van der Waals surface area contributed by atoms with Crippen LogP contribution in [0.3, 0.4) is 0 Å². The van der Waals surface area contributed by atoms with Gasteiger partial charge in [-0.25, -0.2) is 0 Å². The number of benzene rings is 1.